The van der Waals surface area contributed by atoms with E-state index in [4.69, 9.17) is 9.47 Å². The molecule has 0 aromatic heterocycles. The molecule has 17 heavy (non-hydrogen) atoms. The lowest BCUT2D eigenvalue weighted by Gasteiger charge is -2.21. The van der Waals surface area contributed by atoms with Crippen LogP contribution >= 0.6 is 0 Å². The van der Waals surface area contributed by atoms with E-state index < -0.39 is 12.2 Å². The molecule has 0 saturated heterocycles. The second-order valence-corrected chi connectivity index (χ2v) is 3.55. The lowest BCUT2D eigenvalue weighted by atomic mass is 9.97. The second kappa shape index (κ2) is 6.23. The van der Waals surface area contributed by atoms with Crippen molar-refractivity contribution in [3.05, 3.63) is 48.6 Å². The molecule has 0 radical (unpaired) electrons. The maximum absolute atomic E-state index is 10.2. The summed E-state index contributed by atoms with van der Waals surface area (Å²) in [7, 11) is 3.11. The summed E-state index contributed by atoms with van der Waals surface area (Å²) < 4.78 is 10.4. The van der Waals surface area contributed by atoms with Gasteiger partial charge in [0, 0.05) is 12.7 Å². The van der Waals surface area contributed by atoms with Crippen LogP contribution in [-0.4, -0.2) is 25.4 Å². The first kappa shape index (κ1) is 13.5. The van der Waals surface area contributed by atoms with Crippen molar-refractivity contribution in [1.82, 2.24) is 0 Å². The fourth-order valence-electron chi connectivity index (χ4n) is 1.75. The first-order chi connectivity index (χ1) is 8.19. The van der Waals surface area contributed by atoms with Gasteiger partial charge in [0.05, 0.1) is 7.11 Å². The number of ether oxygens (including phenoxy) is 2. The molecule has 3 nitrogen and oxygen atoms in total. The van der Waals surface area contributed by atoms with Crippen LogP contribution in [0.5, 0.6) is 5.75 Å². The van der Waals surface area contributed by atoms with E-state index in [1.807, 2.05) is 18.2 Å². The summed E-state index contributed by atoms with van der Waals surface area (Å²) in [4.78, 5) is 0. The highest BCUT2D eigenvalue weighted by atomic mass is 16.5. The van der Waals surface area contributed by atoms with Crippen molar-refractivity contribution in [3.8, 4) is 5.75 Å². The molecule has 0 fully saturated rings. The van der Waals surface area contributed by atoms with Crippen molar-refractivity contribution in [2.75, 3.05) is 14.2 Å². The van der Waals surface area contributed by atoms with Gasteiger partial charge in [0.1, 0.15) is 18.0 Å². The molecule has 2 atom stereocenters. The molecule has 0 aliphatic carbocycles. The maximum atomic E-state index is 10.2. The zero-order chi connectivity index (χ0) is 12.8. The number of aliphatic hydroxyl groups is 1. The summed E-state index contributed by atoms with van der Waals surface area (Å²) in [5.41, 5.74) is 1.48. The molecule has 1 aromatic carbocycles. The zero-order valence-corrected chi connectivity index (χ0v) is 10.2. The van der Waals surface area contributed by atoms with Crippen molar-refractivity contribution in [1.29, 1.82) is 0 Å². The molecule has 0 heterocycles. The van der Waals surface area contributed by atoms with Crippen LogP contribution in [0.4, 0.5) is 0 Å². The van der Waals surface area contributed by atoms with Crippen LogP contribution in [-0.2, 0) is 4.74 Å². The van der Waals surface area contributed by atoms with E-state index in [-0.39, 0.29) is 0 Å². The third-order valence-corrected chi connectivity index (χ3v) is 2.66. The minimum atomic E-state index is -0.791. The first-order valence-electron chi connectivity index (χ1n) is 5.32. The van der Waals surface area contributed by atoms with Crippen LogP contribution in [0.1, 0.15) is 17.2 Å². The molecular formula is C14H18O3. The standard InChI is InChI=1S/C14H18O3/c1-5-10-11(8-7-9-13(10)17-4)14(15)12(6-2)16-3/h5-9,12,14-15H,1-2H2,3-4H3/t12-,14+/m1/s1. The molecule has 0 spiro atoms. The van der Waals surface area contributed by atoms with Gasteiger partial charge in [0.2, 0.25) is 0 Å². The molecule has 3 heteroatoms. The van der Waals surface area contributed by atoms with Crippen LogP contribution in [0.2, 0.25) is 0 Å². The van der Waals surface area contributed by atoms with Crippen molar-refractivity contribution >= 4 is 6.08 Å². The van der Waals surface area contributed by atoms with Crippen molar-refractivity contribution in [2.45, 2.75) is 12.2 Å². The van der Waals surface area contributed by atoms with Crippen LogP contribution in [0.15, 0.2) is 37.4 Å². The number of benzene rings is 1. The van der Waals surface area contributed by atoms with Gasteiger partial charge >= 0.3 is 0 Å². The average molecular weight is 234 g/mol. The summed E-state index contributed by atoms with van der Waals surface area (Å²) in [6.45, 7) is 7.37. The molecule has 0 saturated carbocycles. The third-order valence-electron chi connectivity index (χ3n) is 2.66. The lowest BCUT2D eigenvalue weighted by Crippen LogP contribution is -2.19. The number of aliphatic hydroxyl groups excluding tert-OH is 1. The predicted octanol–water partition coefficient (Wildman–Crippen LogP) is 2.57. The quantitative estimate of drug-likeness (QED) is 0.769. The van der Waals surface area contributed by atoms with Gasteiger partial charge in [-0.3, -0.25) is 0 Å². The Morgan fingerprint density at radius 2 is 2.00 bits per heavy atom. The summed E-state index contributed by atoms with van der Waals surface area (Å²) in [6, 6.07) is 5.46. The fourth-order valence-corrected chi connectivity index (χ4v) is 1.75. The van der Waals surface area contributed by atoms with E-state index >= 15 is 0 Å². The van der Waals surface area contributed by atoms with E-state index in [1.54, 1.807) is 19.3 Å². The smallest absolute Gasteiger partial charge is 0.126 e. The fraction of sp³-hybridized carbons (Fsp3) is 0.286. The maximum Gasteiger partial charge on any atom is 0.126 e. The van der Waals surface area contributed by atoms with Crippen LogP contribution < -0.4 is 4.74 Å². The molecular weight excluding hydrogens is 216 g/mol. The number of rotatable bonds is 6. The monoisotopic (exact) mass is 234 g/mol. The van der Waals surface area contributed by atoms with Gasteiger partial charge in [0.25, 0.3) is 0 Å². The molecule has 1 aromatic rings. The highest BCUT2D eigenvalue weighted by molar-refractivity contribution is 5.60. The minimum absolute atomic E-state index is 0.458. The lowest BCUT2D eigenvalue weighted by molar-refractivity contribution is 0.0161. The first-order valence-corrected chi connectivity index (χ1v) is 5.32. The largest absolute Gasteiger partial charge is 0.496 e. The molecule has 0 unspecified atom stereocenters. The summed E-state index contributed by atoms with van der Waals surface area (Å²) in [5, 5.41) is 10.2. The van der Waals surface area contributed by atoms with Crippen LogP contribution in [0.3, 0.4) is 0 Å². The Labute approximate surface area is 102 Å². The van der Waals surface area contributed by atoms with Gasteiger partial charge in [-0.25, -0.2) is 0 Å². The zero-order valence-electron chi connectivity index (χ0n) is 10.2. The third kappa shape index (κ3) is 2.75. The van der Waals surface area contributed by atoms with E-state index in [2.05, 4.69) is 13.2 Å². The van der Waals surface area contributed by atoms with Gasteiger partial charge in [0.15, 0.2) is 0 Å². The minimum Gasteiger partial charge on any atom is -0.496 e. The van der Waals surface area contributed by atoms with E-state index in [9.17, 15) is 5.11 Å². The number of hydrogen-bond acceptors (Lipinski definition) is 3. The Hall–Kier alpha value is -1.58. The summed E-state index contributed by atoms with van der Waals surface area (Å²) in [6.07, 6.45) is 1.98. The van der Waals surface area contributed by atoms with Crippen molar-refractivity contribution in [3.63, 3.8) is 0 Å². The molecule has 0 bridgehead atoms. The van der Waals surface area contributed by atoms with Gasteiger partial charge < -0.3 is 14.6 Å². The summed E-state index contributed by atoms with van der Waals surface area (Å²) in [5.74, 6) is 0.676. The number of methoxy groups -OCH3 is 2. The van der Waals surface area contributed by atoms with Gasteiger partial charge in [-0.05, 0) is 11.6 Å². The molecule has 1 N–H and O–H groups in total. The highest BCUT2D eigenvalue weighted by Crippen LogP contribution is 2.30. The molecule has 1 rings (SSSR count). The topological polar surface area (TPSA) is 38.7 Å². The number of hydrogen-bond donors (Lipinski definition) is 1. The Bertz CT molecular complexity index is 398. The SMILES string of the molecule is C=Cc1c(OC)cccc1[C@H](O)[C@@H](C=C)OC. The van der Waals surface area contributed by atoms with Crippen LogP contribution in [0, 0.1) is 0 Å². The van der Waals surface area contributed by atoms with E-state index in [0.717, 1.165) is 5.56 Å². The molecule has 0 amide bonds. The molecule has 0 aliphatic rings. The Morgan fingerprint density at radius 3 is 2.47 bits per heavy atom. The molecule has 0 aliphatic heterocycles. The summed E-state index contributed by atoms with van der Waals surface area (Å²) >= 11 is 0. The van der Waals surface area contributed by atoms with Gasteiger partial charge in [-0.2, -0.15) is 0 Å². The Kier molecular flexibility index (Phi) is 4.94. The Balaban J connectivity index is 3.20. The van der Waals surface area contributed by atoms with E-state index in [0.29, 0.717) is 11.3 Å². The second-order valence-electron chi connectivity index (χ2n) is 3.55. The highest BCUT2D eigenvalue weighted by Gasteiger charge is 2.21. The average Bonchev–Trinajstić information content (AvgIpc) is 2.38. The normalized spacial score (nSPS) is 13.8. The Morgan fingerprint density at radius 1 is 1.29 bits per heavy atom. The predicted molar refractivity (Wildman–Crippen MR) is 69.0 cm³/mol. The van der Waals surface area contributed by atoms with Crippen molar-refractivity contribution < 1.29 is 14.6 Å². The van der Waals surface area contributed by atoms with Crippen LogP contribution in [0.25, 0.3) is 6.08 Å². The van der Waals surface area contributed by atoms with Gasteiger partial charge in [-0.15, -0.1) is 6.58 Å². The van der Waals surface area contributed by atoms with Gasteiger partial charge in [-0.1, -0.05) is 30.9 Å². The van der Waals surface area contributed by atoms with E-state index in [1.165, 1.54) is 7.11 Å². The molecule has 92 valence electrons. The van der Waals surface area contributed by atoms with Crippen molar-refractivity contribution in [2.24, 2.45) is 0 Å².